The van der Waals surface area contributed by atoms with Gasteiger partial charge >= 0.3 is 5.97 Å². The fraction of sp³-hybridized carbons (Fsp3) is 0.0833. The van der Waals surface area contributed by atoms with Gasteiger partial charge in [0, 0.05) is 5.56 Å². The number of rotatable bonds is 3. The fourth-order valence-corrected chi connectivity index (χ4v) is 2.33. The second-order valence-electron chi connectivity index (χ2n) is 3.39. The van der Waals surface area contributed by atoms with Crippen LogP contribution in [0.2, 0.25) is 5.15 Å². The molecule has 92 valence electrons. The Bertz CT molecular complexity index is 590. The van der Waals surface area contributed by atoms with Crippen molar-refractivity contribution in [3.05, 3.63) is 41.0 Å². The second-order valence-corrected chi connectivity index (χ2v) is 4.55. The van der Waals surface area contributed by atoms with Gasteiger partial charge in [-0.1, -0.05) is 41.9 Å². The molecule has 0 saturated carbocycles. The molecule has 0 fully saturated rings. The number of benzene rings is 1. The van der Waals surface area contributed by atoms with Crippen molar-refractivity contribution in [2.45, 2.75) is 5.03 Å². The SMILES string of the molecule is CSc1nc(-c2ccccc2)nc(Cl)c1C(=O)O. The zero-order valence-electron chi connectivity index (χ0n) is 9.42. The minimum absolute atomic E-state index is 0.0410. The third kappa shape index (κ3) is 2.47. The fourth-order valence-electron chi connectivity index (χ4n) is 1.46. The summed E-state index contributed by atoms with van der Waals surface area (Å²) in [5, 5.41) is 9.38. The lowest BCUT2D eigenvalue weighted by Gasteiger charge is -2.07. The van der Waals surface area contributed by atoms with E-state index in [1.807, 2.05) is 30.3 Å². The van der Waals surface area contributed by atoms with Crippen molar-refractivity contribution in [2.24, 2.45) is 0 Å². The van der Waals surface area contributed by atoms with Crippen LogP contribution in [0.1, 0.15) is 10.4 Å². The van der Waals surface area contributed by atoms with Crippen molar-refractivity contribution in [1.29, 1.82) is 0 Å². The average Bonchev–Trinajstić information content (AvgIpc) is 2.38. The maximum atomic E-state index is 11.1. The van der Waals surface area contributed by atoms with Crippen LogP contribution < -0.4 is 0 Å². The molecule has 2 rings (SSSR count). The van der Waals surface area contributed by atoms with Gasteiger partial charge in [-0.3, -0.25) is 0 Å². The van der Waals surface area contributed by atoms with Gasteiger partial charge in [0.15, 0.2) is 5.82 Å². The second kappa shape index (κ2) is 5.37. The molecule has 4 nitrogen and oxygen atoms in total. The molecule has 6 heteroatoms. The van der Waals surface area contributed by atoms with Gasteiger partial charge in [0.1, 0.15) is 15.7 Å². The van der Waals surface area contributed by atoms with E-state index >= 15 is 0 Å². The summed E-state index contributed by atoms with van der Waals surface area (Å²) in [7, 11) is 0. The average molecular weight is 281 g/mol. The number of thioether (sulfide) groups is 1. The van der Waals surface area contributed by atoms with Crippen LogP contribution in [0.5, 0.6) is 0 Å². The number of aromatic carboxylic acids is 1. The van der Waals surface area contributed by atoms with Gasteiger partial charge in [-0.25, -0.2) is 14.8 Å². The maximum Gasteiger partial charge on any atom is 0.341 e. The number of aromatic nitrogens is 2. The van der Waals surface area contributed by atoms with Gasteiger partial charge in [0.25, 0.3) is 0 Å². The minimum atomic E-state index is -1.12. The van der Waals surface area contributed by atoms with Crippen molar-refractivity contribution in [2.75, 3.05) is 6.26 Å². The van der Waals surface area contributed by atoms with Gasteiger partial charge in [-0.2, -0.15) is 0 Å². The summed E-state index contributed by atoms with van der Waals surface area (Å²) in [6.45, 7) is 0. The molecule has 0 unspecified atom stereocenters. The Kier molecular flexibility index (Phi) is 3.84. The summed E-state index contributed by atoms with van der Waals surface area (Å²) < 4.78 is 0. The van der Waals surface area contributed by atoms with E-state index in [0.29, 0.717) is 10.9 Å². The molecule has 1 aromatic carbocycles. The van der Waals surface area contributed by atoms with Crippen molar-refractivity contribution in [3.8, 4) is 11.4 Å². The number of hydrogen-bond acceptors (Lipinski definition) is 4. The largest absolute Gasteiger partial charge is 0.477 e. The van der Waals surface area contributed by atoms with Crippen molar-refractivity contribution in [1.82, 2.24) is 9.97 Å². The molecule has 0 bridgehead atoms. The lowest BCUT2D eigenvalue weighted by molar-refractivity contribution is 0.0692. The van der Waals surface area contributed by atoms with Crippen LogP contribution in [-0.2, 0) is 0 Å². The quantitative estimate of drug-likeness (QED) is 0.691. The van der Waals surface area contributed by atoms with Crippen LogP contribution in [-0.4, -0.2) is 27.3 Å². The highest BCUT2D eigenvalue weighted by Gasteiger charge is 2.19. The van der Waals surface area contributed by atoms with E-state index in [1.165, 1.54) is 11.8 Å². The first-order valence-corrected chi connectivity index (χ1v) is 6.64. The molecule has 0 aliphatic carbocycles. The molecular formula is C12H9ClN2O2S. The topological polar surface area (TPSA) is 63.1 Å². The normalized spacial score (nSPS) is 10.3. The Morgan fingerprint density at radius 1 is 1.28 bits per heavy atom. The predicted octanol–water partition coefficient (Wildman–Crippen LogP) is 3.22. The van der Waals surface area contributed by atoms with Gasteiger partial charge in [0.2, 0.25) is 0 Å². The standard InChI is InChI=1S/C12H9ClN2O2S/c1-18-11-8(12(16)17)9(13)14-10(15-11)7-5-3-2-4-6-7/h2-6H,1H3,(H,16,17). The number of carbonyl (C=O) groups is 1. The summed E-state index contributed by atoms with van der Waals surface area (Å²) in [6.07, 6.45) is 1.75. The van der Waals surface area contributed by atoms with Crippen molar-refractivity contribution in [3.63, 3.8) is 0 Å². The van der Waals surface area contributed by atoms with Crippen molar-refractivity contribution >= 4 is 29.3 Å². The smallest absolute Gasteiger partial charge is 0.341 e. The van der Waals surface area contributed by atoms with Gasteiger partial charge in [-0.15, -0.1) is 11.8 Å². The molecule has 0 atom stereocenters. The molecule has 1 aromatic heterocycles. The predicted molar refractivity (Wildman–Crippen MR) is 71.2 cm³/mol. The van der Waals surface area contributed by atoms with Gasteiger partial charge in [0.05, 0.1) is 0 Å². The van der Waals surface area contributed by atoms with Crippen LogP contribution in [0.3, 0.4) is 0 Å². The number of halogens is 1. The zero-order chi connectivity index (χ0) is 13.1. The van der Waals surface area contributed by atoms with E-state index in [1.54, 1.807) is 6.26 Å². The number of nitrogens with zero attached hydrogens (tertiary/aromatic N) is 2. The molecule has 0 radical (unpaired) electrons. The third-order valence-corrected chi connectivity index (χ3v) is 3.23. The van der Waals surface area contributed by atoms with Crippen LogP contribution in [0.15, 0.2) is 35.4 Å². The molecule has 18 heavy (non-hydrogen) atoms. The highest BCUT2D eigenvalue weighted by atomic mass is 35.5. The summed E-state index contributed by atoms with van der Waals surface area (Å²) >= 11 is 7.14. The molecule has 0 aliphatic heterocycles. The molecule has 0 spiro atoms. The molecule has 0 amide bonds. The first-order valence-electron chi connectivity index (χ1n) is 5.03. The highest BCUT2D eigenvalue weighted by Crippen LogP contribution is 2.27. The molecule has 0 aliphatic rings. The Balaban J connectivity index is 2.60. The van der Waals surface area contributed by atoms with E-state index < -0.39 is 5.97 Å². The number of hydrogen-bond donors (Lipinski definition) is 1. The molecule has 1 N–H and O–H groups in total. The summed E-state index contributed by atoms with van der Waals surface area (Å²) in [4.78, 5) is 19.3. The van der Waals surface area contributed by atoms with E-state index in [0.717, 1.165) is 5.56 Å². The first kappa shape index (κ1) is 12.9. The maximum absolute atomic E-state index is 11.1. The summed E-state index contributed by atoms with van der Waals surface area (Å²) in [5.41, 5.74) is 0.746. The lowest BCUT2D eigenvalue weighted by atomic mass is 10.2. The molecule has 1 heterocycles. The molecule has 2 aromatic rings. The van der Waals surface area contributed by atoms with Crippen molar-refractivity contribution < 1.29 is 9.90 Å². The molecular weight excluding hydrogens is 272 g/mol. The van der Waals surface area contributed by atoms with Crippen LogP contribution >= 0.6 is 23.4 Å². The lowest BCUT2D eigenvalue weighted by Crippen LogP contribution is -2.05. The monoisotopic (exact) mass is 280 g/mol. The van der Waals surface area contributed by atoms with E-state index in [-0.39, 0.29) is 10.7 Å². The Morgan fingerprint density at radius 3 is 2.50 bits per heavy atom. The Labute approximate surface area is 113 Å². The first-order chi connectivity index (χ1) is 8.63. The Morgan fingerprint density at radius 2 is 1.94 bits per heavy atom. The Hall–Kier alpha value is -1.59. The zero-order valence-corrected chi connectivity index (χ0v) is 11.0. The van der Waals surface area contributed by atoms with E-state index in [4.69, 9.17) is 16.7 Å². The third-order valence-electron chi connectivity index (χ3n) is 2.27. The molecule has 0 saturated heterocycles. The van der Waals surface area contributed by atoms with E-state index in [2.05, 4.69) is 9.97 Å². The summed E-state index contributed by atoms with van der Waals surface area (Å²) in [5.74, 6) is -0.695. The number of carboxylic acids is 1. The minimum Gasteiger partial charge on any atom is -0.477 e. The van der Waals surface area contributed by atoms with Crippen LogP contribution in [0, 0.1) is 0 Å². The number of carboxylic acid groups (broad SMARTS) is 1. The highest BCUT2D eigenvalue weighted by molar-refractivity contribution is 7.98. The van der Waals surface area contributed by atoms with Gasteiger partial charge in [-0.05, 0) is 6.26 Å². The van der Waals surface area contributed by atoms with Crippen LogP contribution in [0.4, 0.5) is 0 Å². The summed E-state index contributed by atoms with van der Waals surface area (Å²) in [6, 6.07) is 9.28. The van der Waals surface area contributed by atoms with Gasteiger partial charge < -0.3 is 5.11 Å². The van der Waals surface area contributed by atoms with E-state index in [9.17, 15) is 4.79 Å². The van der Waals surface area contributed by atoms with Crippen LogP contribution in [0.25, 0.3) is 11.4 Å².